The van der Waals surface area contributed by atoms with E-state index in [-0.39, 0.29) is 5.73 Å². The number of rotatable bonds is 8. The van der Waals surface area contributed by atoms with Gasteiger partial charge >= 0.3 is 15.3 Å². The summed E-state index contributed by atoms with van der Waals surface area (Å²) in [6.07, 6.45) is 2.24. The molecule has 0 aromatic carbocycles. The molecule has 1 heterocycles. The van der Waals surface area contributed by atoms with Crippen molar-refractivity contribution in [3.63, 3.8) is 0 Å². The molecule has 1 unspecified atom stereocenters. The van der Waals surface area contributed by atoms with Crippen molar-refractivity contribution >= 4 is 15.3 Å². The second-order valence-electron chi connectivity index (χ2n) is 3.85. The van der Waals surface area contributed by atoms with E-state index in [0.717, 1.165) is 0 Å². The number of pyridine rings is 1. The molecule has 0 N–H and O–H groups in total. The lowest BCUT2D eigenvalue weighted by Gasteiger charge is -2.23. The summed E-state index contributed by atoms with van der Waals surface area (Å²) < 4.78 is 16.6. The topological polar surface area (TPSA) is 57.7 Å². The Morgan fingerprint density at radius 1 is 1.26 bits per heavy atom. The maximum absolute atomic E-state index is 12.0. The van der Waals surface area contributed by atoms with Gasteiger partial charge in [-0.3, -0.25) is 0 Å². The Labute approximate surface area is 115 Å². The summed E-state index contributed by atoms with van der Waals surface area (Å²) in [5.74, 6) is -0.427. The highest BCUT2D eigenvalue weighted by atomic mass is 28.3. The number of ether oxygens (including phenoxy) is 1. The van der Waals surface area contributed by atoms with Crippen LogP contribution >= 0.6 is 0 Å². The van der Waals surface area contributed by atoms with E-state index in [1.54, 1.807) is 24.4 Å². The first kappa shape index (κ1) is 15.8. The molecule has 0 saturated heterocycles. The molecule has 0 radical (unpaired) electrons. The van der Waals surface area contributed by atoms with Crippen molar-refractivity contribution in [2.45, 2.75) is 32.9 Å². The molecule has 0 saturated carbocycles. The van der Waals surface area contributed by atoms with E-state index in [4.69, 9.17) is 13.6 Å². The molecule has 0 bridgehead atoms. The Kier molecular flexibility index (Phi) is 7.31. The molecule has 1 aromatic rings. The van der Waals surface area contributed by atoms with Crippen molar-refractivity contribution in [2.24, 2.45) is 0 Å². The number of carbonyl (C=O) groups excluding carboxylic acids is 1. The third-order valence-electron chi connectivity index (χ3n) is 2.50. The van der Waals surface area contributed by atoms with Gasteiger partial charge in [-0.25, -0.2) is 9.78 Å². The van der Waals surface area contributed by atoms with E-state index in [2.05, 4.69) is 4.98 Å². The van der Waals surface area contributed by atoms with Crippen LogP contribution in [0.4, 0.5) is 0 Å². The Bertz CT molecular complexity index is 368. The Hall–Kier alpha value is -1.24. The highest BCUT2D eigenvalue weighted by Crippen LogP contribution is 2.09. The molecule has 19 heavy (non-hydrogen) atoms. The molecule has 1 rings (SSSR count). The van der Waals surface area contributed by atoms with Crippen molar-refractivity contribution in [3.8, 4) is 0 Å². The highest BCUT2D eigenvalue weighted by molar-refractivity contribution is 6.46. The second kappa shape index (κ2) is 8.79. The first-order valence-electron chi connectivity index (χ1n) is 6.58. The van der Waals surface area contributed by atoms with Gasteiger partial charge in [0.05, 0.1) is 0 Å². The number of aromatic nitrogens is 1. The van der Waals surface area contributed by atoms with Gasteiger partial charge in [0, 0.05) is 19.4 Å². The molecule has 0 fully saturated rings. The average molecular weight is 283 g/mol. The zero-order chi connectivity index (χ0) is 14.1. The van der Waals surface area contributed by atoms with E-state index in [0.29, 0.717) is 25.3 Å². The van der Waals surface area contributed by atoms with E-state index in [9.17, 15) is 4.79 Å². The fourth-order valence-corrected chi connectivity index (χ4v) is 3.41. The van der Waals surface area contributed by atoms with Crippen LogP contribution in [-0.4, -0.2) is 39.2 Å². The fraction of sp³-hybridized carbons (Fsp3) is 0.538. The molecule has 6 heteroatoms. The highest BCUT2D eigenvalue weighted by Gasteiger charge is 2.28. The van der Waals surface area contributed by atoms with Crippen molar-refractivity contribution in [3.05, 3.63) is 30.1 Å². The van der Waals surface area contributed by atoms with E-state index in [1.807, 2.05) is 20.8 Å². The summed E-state index contributed by atoms with van der Waals surface area (Å²) in [5.41, 5.74) is 0.0103. The van der Waals surface area contributed by atoms with Crippen LogP contribution in [0, 0.1) is 0 Å². The lowest BCUT2D eigenvalue weighted by molar-refractivity contribution is 0.0326. The third kappa shape index (κ3) is 5.10. The molecule has 0 amide bonds. The normalized spacial score (nSPS) is 12.4. The minimum atomic E-state index is -2.00. The number of hydrogen-bond donors (Lipinski definition) is 0. The summed E-state index contributed by atoms with van der Waals surface area (Å²) in [5, 5.41) is 0. The SMILES string of the molecule is CCO[SiH](OCC)C(CC)OC(=O)c1ccccn1. The molecular weight excluding hydrogens is 262 g/mol. The van der Waals surface area contributed by atoms with E-state index >= 15 is 0 Å². The Morgan fingerprint density at radius 3 is 2.42 bits per heavy atom. The van der Waals surface area contributed by atoms with Crippen LogP contribution < -0.4 is 0 Å². The number of hydrogen-bond acceptors (Lipinski definition) is 5. The van der Waals surface area contributed by atoms with Crippen molar-refractivity contribution in [2.75, 3.05) is 13.2 Å². The Balaban J connectivity index is 2.66. The monoisotopic (exact) mass is 283 g/mol. The smallest absolute Gasteiger partial charge is 0.363 e. The predicted molar refractivity (Wildman–Crippen MR) is 74.1 cm³/mol. The van der Waals surface area contributed by atoms with Crippen molar-refractivity contribution < 1.29 is 18.4 Å². The van der Waals surface area contributed by atoms with Crippen LogP contribution in [-0.2, 0) is 13.6 Å². The fourth-order valence-electron chi connectivity index (χ4n) is 1.60. The average Bonchev–Trinajstić information content (AvgIpc) is 2.45. The van der Waals surface area contributed by atoms with Crippen LogP contribution in [0.2, 0.25) is 0 Å². The van der Waals surface area contributed by atoms with Crippen LogP contribution in [0.1, 0.15) is 37.7 Å². The quantitative estimate of drug-likeness (QED) is 0.538. The molecule has 5 nitrogen and oxygen atoms in total. The molecule has 1 atom stereocenters. The Morgan fingerprint density at radius 2 is 1.95 bits per heavy atom. The van der Waals surface area contributed by atoms with Crippen molar-refractivity contribution in [1.29, 1.82) is 0 Å². The van der Waals surface area contributed by atoms with Gasteiger partial charge in [0.25, 0.3) is 0 Å². The molecule has 0 aliphatic rings. The minimum absolute atomic E-state index is 0.297. The van der Waals surface area contributed by atoms with Crippen molar-refractivity contribution in [1.82, 2.24) is 4.98 Å². The number of carbonyl (C=O) groups is 1. The van der Waals surface area contributed by atoms with E-state index in [1.165, 1.54) is 0 Å². The van der Waals surface area contributed by atoms with Gasteiger partial charge in [0.15, 0.2) is 0 Å². The van der Waals surface area contributed by atoms with Crippen LogP contribution in [0.15, 0.2) is 24.4 Å². The lowest BCUT2D eigenvalue weighted by Crippen LogP contribution is -2.40. The molecule has 0 spiro atoms. The van der Waals surface area contributed by atoms with Crippen LogP contribution in [0.25, 0.3) is 0 Å². The molecule has 0 aliphatic heterocycles. The lowest BCUT2D eigenvalue weighted by atomic mass is 10.3. The van der Waals surface area contributed by atoms with Gasteiger partial charge in [-0.2, -0.15) is 0 Å². The number of esters is 1. The largest absolute Gasteiger partial charge is 0.456 e. The third-order valence-corrected chi connectivity index (χ3v) is 5.04. The summed E-state index contributed by atoms with van der Waals surface area (Å²) in [4.78, 5) is 15.9. The van der Waals surface area contributed by atoms with Gasteiger partial charge in [-0.1, -0.05) is 13.0 Å². The predicted octanol–water partition coefficient (Wildman–Crippen LogP) is 1.85. The minimum Gasteiger partial charge on any atom is -0.456 e. The molecule has 1 aromatic heterocycles. The summed E-state index contributed by atoms with van der Waals surface area (Å²) in [6, 6.07) is 5.14. The zero-order valence-electron chi connectivity index (χ0n) is 11.7. The number of nitrogens with zero attached hydrogens (tertiary/aromatic N) is 1. The van der Waals surface area contributed by atoms with Gasteiger partial charge in [0.2, 0.25) is 0 Å². The van der Waals surface area contributed by atoms with E-state index < -0.39 is 15.3 Å². The van der Waals surface area contributed by atoms with Crippen LogP contribution in [0.5, 0.6) is 0 Å². The second-order valence-corrected chi connectivity index (χ2v) is 5.99. The summed E-state index contributed by atoms with van der Waals surface area (Å²) in [6.45, 7) is 6.90. The standard InChI is InChI=1S/C13H21NO4Si/c1-4-12(19(16-5-2)17-6-3)18-13(15)11-9-7-8-10-14-11/h7-10,12,19H,4-6H2,1-3H3. The van der Waals surface area contributed by atoms with Gasteiger partial charge in [-0.05, 0) is 32.4 Å². The molecule has 0 aliphatic carbocycles. The van der Waals surface area contributed by atoms with Gasteiger partial charge in [0.1, 0.15) is 11.4 Å². The maximum Gasteiger partial charge on any atom is 0.363 e. The van der Waals surface area contributed by atoms with Gasteiger partial charge in [-0.15, -0.1) is 0 Å². The van der Waals surface area contributed by atoms with Crippen LogP contribution in [0.3, 0.4) is 0 Å². The molecule has 106 valence electrons. The zero-order valence-corrected chi connectivity index (χ0v) is 12.8. The summed E-state index contributed by atoms with van der Waals surface area (Å²) >= 11 is 0. The maximum atomic E-state index is 12.0. The first-order chi connectivity index (χ1) is 9.22. The first-order valence-corrected chi connectivity index (χ1v) is 8.19. The van der Waals surface area contributed by atoms with Gasteiger partial charge < -0.3 is 13.6 Å². The summed E-state index contributed by atoms with van der Waals surface area (Å²) in [7, 11) is -2.00. The molecular formula is C13H21NO4Si.